The van der Waals surface area contributed by atoms with Gasteiger partial charge in [0.1, 0.15) is 6.54 Å². The molecule has 1 aromatic heterocycles. The number of nitrogens with zero attached hydrogens (tertiary/aromatic N) is 1. The maximum absolute atomic E-state index is 11.9. The zero-order chi connectivity index (χ0) is 14.4. The van der Waals surface area contributed by atoms with Crippen molar-refractivity contribution >= 4 is 16.8 Å². The number of aromatic nitrogens is 1. The van der Waals surface area contributed by atoms with Crippen LogP contribution in [0.25, 0.3) is 10.9 Å². The van der Waals surface area contributed by atoms with Gasteiger partial charge in [-0.25, -0.2) is 0 Å². The number of methoxy groups -OCH3 is 1. The van der Waals surface area contributed by atoms with Crippen molar-refractivity contribution in [1.82, 2.24) is 9.88 Å². The number of carbonyl (C=O) groups is 1. The van der Waals surface area contributed by atoms with Gasteiger partial charge in [-0.3, -0.25) is 4.79 Å². The largest absolute Gasteiger partial charge is 0.385 e. The van der Waals surface area contributed by atoms with E-state index in [1.165, 1.54) is 0 Å². The van der Waals surface area contributed by atoms with E-state index in [2.05, 4.69) is 5.32 Å². The van der Waals surface area contributed by atoms with Gasteiger partial charge < -0.3 is 20.4 Å². The molecular weight excluding hydrogens is 254 g/mol. The second kappa shape index (κ2) is 7.07. The Bertz CT molecular complexity index is 578. The van der Waals surface area contributed by atoms with E-state index in [0.29, 0.717) is 26.2 Å². The summed E-state index contributed by atoms with van der Waals surface area (Å²) in [5, 5.41) is 4.00. The zero-order valence-electron chi connectivity index (χ0n) is 11.8. The van der Waals surface area contributed by atoms with Gasteiger partial charge in [-0.05, 0) is 18.1 Å². The van der Waals surface area contributed by atoms with Crippen LogP contribution >= 0.6 is 0 Å². The molecule has 1 heterocycles. The summed E-state index contributed by atoms with van der Waals surface area (Å²) < 4.78 is 6.89. The number of rotatable bonds is 7. The molecule has 0 aliphatic heterocycles. The molecule has 1 amide bonds. The van der Waals surface area contributed by atoms with Crippen LogP contribution in [0.2, 0.25) is 0 Å². The lowest BCUT2D eigenvalue weighted by Crippen LogP contribution is -2.28. The monoisotopic (exact) mass is 275 g/mol. The van der Waals surface area contributed by atoms with Crippen molar-refractivity contribution in [3.8, 4) is 0 Å². The van der Waals surface area contributed by atoms with Crippen molar-refractivity contribution in [3.05, 3.63) is 36.0 Å². The molecule has 2 rings (SSSR count). The van der Waals surface area contributed by atoms with Gasteiger partial charge >= 0.3 is 0 Å². The van der Waals surface area contributed by atoms with Crippen LogP contribution in [0.5, 0.6) is 0 Å². The molecule has 0 aliphatic rings. The van der Waals surface area contributed by atoms with E-state index in [-0.39, 0.29) is 5.91 Å². The SMILES string of the molecule is COCCCNC(=O)Cn1cc(CN)c2ccccc21. The van der Waals surface area contributed by atoms with Crippen molar-refractivity contribution in [2.24, 2.45) is 5.73 Å². The van der Waals surface area contributed by atoms with Crippen LogP contribution in [-0.2, 0) is 22.6 Å². The van der Waals surface area contributed by atoms with Gasteiger partial charge in [0.05, 0.1) is 0 Å². The highest BCUT2D eigenvalue weighted by atomic mass is 16.5. The van der Waals surface area contributed by atoms with E-state index >= 15 is 0 Å². The Morgan fingerprint density at radius 3 is 2.95 bits per heavy atom. The van der Waals surface area contributed by atoms with E-state index in [0.717, 1.165) is 22.9 Å². The van der Waals surface area contributed by atoms with Crippen molar-refractivity contribution in [3.63, 3.8) is 0 Å². The molecule has 1 aromatic carbocycles. The van der Waals surface area contributed by atoms with Crippen molar-refractivity contribution in [2.75, 3.05) is 20.3 Å². The molecule has 0 saturated carbocycles. The highest BCUT2D eigenvalue weighted by Crippen LogP contribution is 2.20. The fourth-order valence-electron chi connectivity index (χ4n) is 2.27. The third-order valence-corrected chi connectivity index (χ3v) is 3.25. The quantitative estimate of drug-likeness (QED) is 0.747. The molecule has 0 radical (unpaired) electrons. The first-order valence-corrected chi connectivity index (χ1v) is 6.78. The second-order valence-electron chi connectivity index (χ2n) is 4.70. The number of hydrogen-bond donors (Lipinski definition) is 2. The molecule has 0 fully saturated rings. The molecule has 0 bridgehead atoms. The molecule has 0 unspecified atom stereocenters. The van der Waals surface area contributed by atoms with E-state index in [9.17, 15) is 4.79 Å². The molecular formula is C15H21N3O2. The number of amides is 1. The molecule has 108 valence electrons. The van der Waals surface area contributed by atoms with Gasteiger partial charge in [0.25, 0.3) is 0 Å². The standard InChI is InChI=1S/C15H21N3O2/c1-20-8-4-7-17-15(19)11-18-10-12(9-16)13-5-2-3-6-14(13)18/h2-3,5-6,10H,4,7-9,11,16H2,1H3,(H,17,19). The van der Waals surface area contributed by atoms with E-state index < -0.39 is 0 Å². The number of para-hydroxylation sites is 1. The van der Waals surface area contributed by atoms with Crippen molar-refractivity contribution < 1.29 is 9.53 Å². The van der Waals surface area contributed by atoms with Gasteiger partial charge in [0, 0.05) is 43.9 Å². The third kappa shape index (κ3) is 3.37. The predicted octanol–water partition coefficient (Wildman–Crippen LogP) is 1.25. The van der Waals surface area contributed by atoms with E-state index in [4.69, 9.17) is 10.5 Å². The van der Waals surface area contributed by atoms with E-state index in [1.54, 1.807) is 7.11 Å². The van der Waals surface area contributed by atoms with Gasteiger partial charge in [0.2, 0.25) is 5.91 Å². The summed E-state index contributed by atoms with van der Waals surface area (Å²) in [5.41, 5.74) is 7.85. The molecule has 0 aliphatic carbocycles. The Labute approximate surface area is 118 Å². The first kappa shape index (κ1) is 14.6. The highest BCUT2D eigenvalue weighted by Gasteiger charge is 2.09. The van der Waals surface area contributed by atoms with Crippen LogP contribution in [0.1, 0.15) is 12.0 Å². The van der Waals surface area contributed by atoms with Crippen molar-refractivity contribution in [1.29, 1.82) is 0 Å². The molecule has 2 aromatic rings. The molecule has 0 saturated heterocycles. The third-order valence-electron chi connectivity index (χ3n) is 3.25. The topological polar surface area (TPSA) is 69.3 Å². The predicted molar refractivity (Wildman–Crippen MR) is 79.3 cm³/mol. The maximum Gasteiger partial charge on any atom is 0.239 e. The minimum absolute atomic E-state index is 0.00503. The first-order valence-electron chi connectivity index (χ1n) is 6.78. The number of carbonyl (C=O) groups excluding carboxylic acids is 1. The number of ether oxygens (including phenoxy) is 1. The van der Waals surface area contributed by atoms with Crippen LogP contribution in [0.4, 0.5) is 0 Å². The molecule has 0 atom stereocenters. The average Bonchev–Trinajstić information content (AvgIpc) is 2.82. The minimum atomic E-state index is 0.00503. The van der Waals surface area contributed by atoms with Crippen molar-refractivity contribution in [2.45, 2.75) is 19.5 Å². The normalized spacial score (nSPS) is 10.9. The van der Waals surface area contributed by atoms with Gasteiger partial charge in [-0.1, -0.05) is 18.2 Å². The molecule has 20 heavy (non-hydrogen) atoms. The fourth-order valence-corrected chi connectivity index (χ4v) is 2.27. The van der Waals surface area contributed by atoms with Gasteiger partial charge in [-0.15, -0.1) is 0 Å². The summed E-state index contributed by atoms with van der Waals surface area (Å²) in [6.45, 7) is 2.08. The van der Waals surface area contributed by atoms with Gasteiger partial charge in [0.15, 0.2) is 0 Å². The Balaban J connectivity index is 2.04. The summed E-state index contributed by atoms with van der Waals surface area (Å²) >= 11 is 0. The molecule has 5 heteroatoms. The zero-order valence-corrected chi connectivity index (χ0v) is 11.8. The van der Waals surface area contributed by atoms with Crippen LogP contribution < -0.4 is 11.1 Å². The Kier molecular flexibility index (Phi) is 5.15. The van der Waals surface area contributed by atoms with Crippen LogP contribution in [0.3, 0.4) is 0 Å². The summed E-state index contributed by atoms with van der Waals surface area (Å²) in [5.74, 6) is 0.00503. The maximum atomic E-state index is 11.9. The summed E-state index contributed by atoms with van der Waals surface area (Å²) in [4.78, 5) is 11.9. The number of benzene rings is 1. The molecule has 0 spiro atoms. The van der Waals surface area contributed by atoms with Crippen LogP contribution in [0, 0.1) is 0 Å². The number of nitrogens with one attached hydrogen (secondary N) is 1. The van der Waals surface area contributed by atoms with Crippen LogP contribution in [-0.4, -0.2) is 30.7 Å². The number of hydrogen-bond acceptors (Lipinski definition) is 3. The lowest BCUT2D eigenvalue weighted by molar-refractivity contribution is -0.121. The smallest absolute Gasteiger partial charge is 0.239 e. The Morgan fingerprint density at radius 2 is 2.20 bits per heavy atom. The lowest BCUT2D eigenvalue weighted by Gasteiger charge is -2.07. The Hall–Kier alpha value is -1.85. The Morgan fingerprint density at radius 1 is 1.40 bits per heavy atom. The summed E-state index contributed by atoms with van der Waals surface area (Å²) in [7, 11) is 1.65. The van der Waals surface area contributed by atoms with Crippen LogP contribution in [0.15, 0.2) is 30.5 Å². The summed E-state index contributed by atoms with van der Waals surface area (Å²) in [6.07, 6.45) is 2.78. The number of nitrogens with two attached hydrogens (primary N) is 1. The molecule has 5 nitrogen and oxygen atoms in total. The summed E-state index contributed by atoms with van der Waals surface area (Å²) in [6, 6.07) is 7.99. The average molecular weight is 275 g/mol. The fraction of sp³-hybridized carbons (Fsp3) is 0.400. The molecule has 3 N–H and O–H groups in total. The van der Waals surface area contributed by atoms with E-state index in [1.807, 2.05) is 35.0 Å². The lowest BCUT2D eigenvalue weighted by atomic mass is 10.2. The number of fused-ring (bicyclic) bond motifs is 1. The van der Waals surface area contributed by atoms with Gasteiger partial charge in [-0.2, -0.15) is 0 Å². The second-order valence-corrected chi connectivity index (χ2v) is 4.70. The first-order chi connectivity index (χ1) is 9.76. The highest BCUT2D eigenvalue weighted by molar-refractivity contribution is 5.86. The minimum Gasteiger partial charge on any atom is -0.385 e.